The lowest BCUT2D eigenvalue weighted by molar-refractivity contribution is -0.117. The van der Waals surface area contributed by atoms with Crippen LogP contribution in [0.25, 0.3) is 0 Å². The van der Waals surface area contributed by atoms with Gasteiger partial charge in [-0.3, -0.25) is 14.6 Å². The normalized spacial score (nSPS) is 19.9. The van der Waals surface area contributed by atoms with Gasteiger partial charge in [-0.05, 0) is 62.9 Å². The summed E-state index contributed by atoms with van der Waals surface area (Å²) in [6, 6.07) is 8.03. The van der Waals surface area contributed by atoms with Crippen LogP contribution < -0.4 is 10.6 Å². The molecule has 0 saturated carbocycles. The number of aryl methyl sites for hydroxylation is 2. The smallest absolute Gasteiger partial charge is 0.250 e. The number of amides is 2. The van der Waals surface area contributed by atoms with E-state index < -0.39 is 22.0 Å². The summed E-state index contributed by atoms with van der Waals surface area (Å²) in [5, 5.41) is 0. The number of rotatable bonds is 5. The van der Waals surface area contributed by atoms with Crippen molar-refractivity contribution in [2.24, 2.45) is 5.73 Å². The van der Waals surface area contributed by atoms with Gasteiger partial charge >= 0.3 is 0 Å². The standard InChI is InChI=1S/C22H26N4O4S/c1-14-7-8-16(25-11-4-6-21(25)27)13-20(14)31(29,30)26-12-3-5-19(26)18-10-9-17(22(23)28)15(2)24-18/h7-10,13,19H,3-6,11-12H2,1-2H3,(H2,23,28). The number of sulfonamides is 1. The van der Waals surface area contributed by atoms with Crippen LogP contribution in [-0.4, -0.2) is 42.6 Å². The van der Waals surface area contributed by atoms with Gasteiger partial charge in [0.2, 0.25) is 15.9 Å². The molecule has 1 aromatic heterocycles. The maximum absolute atomic E-state index is 13.7. The molecule has 3 heterocycles. The second-order valence-electron chi connectivity index (χ2n) is 8.11. The first-order valence-electron chi connectivity index (χ1n) is 10.4. The van der Waals surface area contributed by atoms with Crippen molar-refractivity contribution in [1.29, 1.82) is 0 Å². The molecular formula is C22H26N4O4S. The number of carbonyl (C=O) groups is 2. The number of primary amides is 1. The van der Waals surface area contributed by atoms with Gasteiger partial charge in [-0.15, -0.1) is 0 Å². The number of hydrogen-bond acceptors (Lipinski definition) is 5. The molecule has 8 nitrogen and oxygen atoms in total. The molecule has 31 heavy (non-hydrogen) atoms. The Kier molecular flexibility index (Phi) is 5.57. The molecule has 2 aliphatic rings. The lowest BCUT2D eigenvalue weighted by Crippen LogP contribution is -2.32. The zero-order valence-corrected chi connectivity index (χ0v) is 18.5. The topological polar surface area (TPSA) is 114 Å². The summed E-state index contributed by atoms with van der Waals surface area (Å²) < 4.78 is 28.8. The summed E-state index contributed by atoms with van der Waals surface area (Å²) >= 11 is 0. The van der Waals surface area contributed by atoms with Gasteiger partial charge in [-0.2, -0.15) is 4.31 Å². The van der Waals surface area contributed by atoms with Gasteiger partial charge in [0.15, 0.2) is 0 Å². The highest BCUT2D eigenvalue weighted by molar-refractivity contribution is 7.89. The zero-order valence-electron chi connectivity index (χ0n) is 17.7. The number of carbonyl (C=O) groups excluding carboxylic acids is 2. The van der Waals surface area contributed by atoms with E-state index in [4.69, 9.17) is 5.73 Å². The predicted octanol–water partition coefficient (Wildman–Crippen LogP) is 2.45. The molecule has 2 amide bonds. The second kappa shape index (κ2) is 8.05. The first-order chi connectivity index (χ1) is 14.7. The maximum atomic E-state index is 13.7. The monoisotopic (exact) mass is 442 g/mol. The van der Waals surface area contributed by atoms with Crippen LogP contribution in [0.4, 0.5) is 5.69 Å². The molecule has 2 aromatic rings. The highest BCUT2D eigenvalue weighted by atomic mass is 32.2. The van der Waals surface area contributed by atoms with Crippen molar-refractivity contribution in [2.45, 2.75) is 50.5 Å². The van der Waals surface area contributed by atoms with E-state index in [9.17, 15) is 18.0 Å². The van der Waals surface area contributed by atoms with Crippen LogP contribution in [0.3, 0.4) is 0 Å². The highest BCUT2D eigenvalue weighted by Crippen LogP contribution is 2.38. The Labute approximate surface area is 182 Å². The molecule has 164 valence electrons. The first kappa shape index (κ1) is 21.5. The fourth-order valence-electron chi connectivity index (χ4n) is 4.43. The molecule has 2 N–H and O–H groups in total. The van der Waals surface area contributed by atoms with Gasteiger partial charge < -0.3 is 10.6 Å². The van der Waals surface area contributed by atoms with Crippen LogP contribution in [0.2, 0.25) is 0 Å². The molecule has 0 spiro atoms. The maximum Gasteiger partial charge on any atom is 0.250 e. The second-order valence-corrected chi connectivity index (χ2v) is 9.96. The third-order valence-electron chi connectivity index (χ3n) is 6.06. The Hall–Kier alpha value is -2.78. The van der Waals surface area contributed by atoms with Crippen LogP contribution in [0.5, 0.6) is 0 Å². The molecule has 0 bridgehead atoms. The SMILES string of the molecule is Cc1ccc(N2CCCC2=O)cc1S(=O)(=O)N1CCCC1c1ccc(C(N)=O)c(C)n1. The highest BCUT2D eigenvalue weighted by Gasteiger charge is 2.38. The van der Waals surface area contributed by atoms with E-state index in [1.54, 1.807) is 49.1 Å². The Morgan fingerprint density at radius 1 is 1.13 bits per heavy atom. The van der Waals surface area contributed by atoms with E-state index in [0.717, 1.165) is 6.42 Å². The Bertz CT molecular complexity index is 1160. The molecule has 1 aromatic carbocycles. The van der Waals surface area contributed by atoms with E-state index >= 15 is 0 Å². The number of nitrogens with two attached hydrogens (primary N) is 1. The van der Waals surface area contributed by atoms with Crippen LogP contribution in [0.15, 0.2) is 35.2 Å². The largest absolute Gasteiger partial charge is 0.366 e. The van der Waals surface area contributed by atoms with Crippen molar-refractivity contribution in [1.82, 2.24) is 9.29 Å². The van der Waals surface area contributed by atoms with Crippen molar-refractivity contribution in [3.05, 3.63) is 52.8 Å². The van der Waals surface area contributed by atoms with Gasteiger partial charge in [-0.1, -0.05) is 6.07 Å². The number of benzene rings is 1. The van der Waals surface area contributed by atoms with Gasteiger partial charge in [0.25, 0.3) is 5.91 Å². The first-order valence-corrected chi connectivity index (χ1v) is 11.8. The number of aromatic nitrogens is 1. The summed E-state index contributed by atoms with van der Waals surface area (Å²) in [4.78, 5) is 30.0. The van der Waals surface area contributed by atoms with Gasteiger partial charge in [-0.25, -0.2) is 8.42 Å². The van der Waals surface area contributed by atoms with Crippen molar-refractivity contribution >= 4 is 27.5 Å². The molecule has 2 aliphatic heterocycles. The molecule has 4 rings (SSSR count). The lowest BCUT2D eigenvalue weighted by atomic mass is 10.1. The number of nitrogens with zero attached hydrogens (tertiary/aromatic N) is 3. The average molecular weight is 443 g/mol. The number of hydrogen-bond donors (Lipinski definition) is 1. The van der Waals surface area contributed by atoms with Gasteiger partial charge in [0.1, 0.15) is 0 Å². The summed E-state index contributed by atoms with van der Waals surface area (Å²) in [5.74, 6) is -0.545. The quantitative estimate of drug-likeness (QED) is 0.764. The summed E-state index contributed by atoms with van der Waals surface area (Å²) in [6.45, 7) is 4.44. The molecule has 0 aliphatic carbocycles. The molecular weight excluding hydrogens is 416 g/mol. The molecule has 1 unspecified atom stereocenters. The molecule has 9 heteroatoms. The van der Waals surface area contributed by atoms with Crippen molar-refractivity contribution < 1.29 is 18.0 Å². The Morgan fingerprint density at radius 2 is 1.90 bits per heavy atom. The predicted molar refractivity (Wildman–Crippen MR) is 116 cm³/mol. The van der Waals surface area contributed by atoms with E-state index in [0.29, 0.717) is 60.6 Å². The van der Waals surface area contributed by atoms with Crippen LogP contribution >= 0.6 is 0 Å². The zero-order chi connectivity index (χ0) is 22.3. The minimum absolute atomic E-state index is 0.0143. The van der Waals surface area contributed by atoms with Crippen LogP contribution in [0.1, 0.15) is 59.0 Å². The third-order valence-corrected chi connectivity index (χ3v) is 8.11. The molecule has 2 saturated heterocycles. The molecule has 1 atom stereocenters. The van der Waals surface area contributed by atoms with E-state index in [1.165, 1.54) is 4.31 Å². The average Bonchev–Trinajstić information content (AvgIpc) is 3.37. The fourth-order valence-corrected chi connectivity index (χ4v) is 6.35. The Morgan fingerprint density at radius 3 is 2.55 bits per heavy atom. The van der Waals surface area contributed by atoms with E-state index in [-0.39, 0.29) is 10.8 Å². The Balaban J connectivity index is 1.70. The minimum atomic E-state index is -3.81. The summed E-state index contributed by atoms with van der Waals surface area (Å²) in [7, 11) is -3.81. The van der Waals surface area contributed by atoms with Crippen molar-refractivity contribution in [3.8, 4) is 0 Å². The molecule has 2 fully saturated rings. The van der Waals surface area contributed by atoms with Gasteiger partial charge in [0, 0.05) is 25.2 Å². The van der Waals surface area contributed by atoms with E-state index in [2.05, 4.69) is 4.98 Å². The summed E-state index contributed by atoms with van der Waals surface area (Å²) in [6.07, 6.45) is 2.61. The third kappa shape index (κ3) is 3.83. The van der Waals surface area contributed by atoms with E-state index in [1.807, 2.05) is 0 Å². The summed E-state index contributed by atoms with van der Waals surface area (Å²) in [5.41, 5.74) is 8.04. The van der Waals surface area contributed by atoms with Crippen LogP contribution in [0, 0.1) is 13.8 Å². The minimum Gasteiger partial charge on any atom is -0.366 e. The van der Waals surface area contributed by atoms with Crippen molar-refractivity contribution in [2.75, 3.05) is 18.0 Å². The van der Waals surface area contributed by atoms with Gasteiger partial charge in [0.05, 0.1) is 27.9 Å². The number of anilines is 1. The van der Waals surface area contributed by atoms with Crippen LogP contribution in [-0.2, 0) is 14.8 Å². The fraction of sp³-hybridized carbons (Fsp3) is 0.409. The lowest BCUT2D eigenvalue weighted by Gasteiger charge is -2.26. The number of pyridine rings is 1. The molecule has 0 radical (unpaired) electrons. The van der Waals surface area contributed by atoms with Crippen molar-refractivity contribution in [3.63, 3.8) is 0 Å².